The van der Waals surface area contributed by atoms with Gasteiger partial charge < -0.3 is 9.47 Å². The number of ketones is 2. The van der Waals surface area contributed by atoms with E-state index < -0.39 is 17.4 Å². The average molecular weight is 470 g/mol. The van der Waals surface area contributed by atoms with Gasteiger partial charge in [-0.2, -0.15) is 0 Å². The van der Waals surface area contributed by atoms with Gasteiger partial charge in [-0.25, -0.2) is 0 Å². The summed E-state index contributed by atoms with van der Waals surface area (Å²) in [5.74, 6) is -0.194. The van der Waals surface area contributed by atoms with E-state index in [4.69, 9.17) is 9.47 Å². The van der Waals surface area contributed by atoms with Crippen LogP contribution in [0.3, 0.4) is 0 Å². The number of fused-ring (bicyclic) bond motifs is 4. The zero-order chi connectivity index (χ0) is 24.7. The number of Topliss-reactive ketones (excluding diaryl/α,β-unsaturated/α-hetero) is 1. The molecule has 178 valence electrons. The number of ether oxygens (including phenoxy) is 2. The number of hydrogen-bond acceptors (Lipinski definition) is 5. The lowest BCUT2D eigenvalue weighted by atomic mass is 9.59. The molecule has 2 aliphatic heterocycles. The van der Waals surface area contributed by atoms with Gasteiger partial charge in [0.15, 0.2) is 17.0 Å². The smallest absolute Gasteiger partial charge is 0.250 e. The van der Waals surface area contributed by atoms with Gasteiger partial charge >= 0.3 is 0 Å². The van der Waals surface area contributed by atoms with E-state index in [9.17, 15) is 14.4 Å². The number of benzene rings is 2. The summed E-state index contributed by atoms with van der Waals surface area (Å²) in [6.07, 6.45) is 1.54. The van der Waals surface area contributed by atoms with E-state index in [1.807, 2.05) is 38.1 Å². The summed E-state index contributed by atoms with van der Waals surface area (Å²) in [5, 5.41) is 0. The molecule has 35 heavy (non-hydrogen) atoms. The fraction of sp³-hybridized carbons (Fsp3) is 0.345. The zero-order valence-corrected chi connectivity index (χ0v) is 20.3. The predicted octanol–water partition coefficient (Wildman–Crippen LogP) is 5.01. The zero-order valence-electron chi connectivity index (χ0n) is 20.3. The van der Waals surface area contributed by atoms with Gasteiger partial charge in [0.25, 0.3) is 5.91 Å². The molecule has 6 heteroatoms. The monoisotopic (exact) mass is 469 g/mol. The minimum absolute atomic E-state index is 0.0128. The highest BCUT2D eigenvalue weighted by molar-refractivity contribution is 6.23. The Hall–Kier alpha value is -3.67. The molecule has 2 heterocycles. The molecule has 3 atom stereocenters. The third-order valence-electron chi connectivity index (χ3n) is 7.85. The van der Waals surface area contributed by atoms with Crippen LogP contribution in [0.2, 0.25) is 0 Å². The van der Waals surface area contributed by atoms with Crippen molar-refractivity contribution in [2.45, 2.75) is 45.6 Å². The number of nitrogens with zero attached hydrogens (tertiary/aromatic N) is 1. The lowest BCUT2D eigenvalue weighted by molar-refractivity contribution is -0.151. The third-order valence-corrected chi connectivity index (χ3v) is 7.85. The van der Waals surface area contributed by atoms with Gasteiger partial charge in [-0.3, -0.25) is 19.3 Å². The maximum atomic E-state index is 14.7. The van der Waals surface area contributed by atoms with Crippen LogP contribution < -0.4 is 9.64 Å². The van der Waals surface area contributed by atoms with E-state index in [1.54, 1.807) is 43.2 Å². The molecule has 6 nitrogen and oxygen atoms in total. The fourth-order valence-electron chi connectivity index (χ4n) is 6.47. The molecule has 0 bridgehead atoms. The van der Waals surface area contributed by atoms with Crippen LogP contribution in [-0.2, 0) is 19.1 Å². The van der Waals surface area contributed by atoms with Gasteiger partial charge in [0.05, 0.1) is 12.9 Å². The highest BCUT2D eigenvalue weighted by Gasteiger charge is 2.70. The van der Waals surface area contributed by atoms with Gasteiger partial charge in [-0.05, 0) is 54.2 Å². The first-order valence-corrected chi connectivity index (χ1v) is 11.9. The van der Waals surface area contributed by atoms with E-state index in [2.05, 4.69) is 0 Å². The Morgan fingerprint density at radius 2 is 1.66 bits per heavy atom. The molecule has 2 aromatic rings. The van der Waals surface area contributed by atoms with E-state index in [1.165, 1.54) is 6.08 Å². The summed E-state index contributed by atoms with van der Waals surface area (Å²) < 4.78 is 11.6. The maximum absolute atomic E-state index is 14.7. The van der Waals surface area contributed by atoms with Crippen LogP contribution >= 0.6 is 0 Å². The van der Waals surface area contributed by atoms with Crippen molar-refractivity contribution in [3.8, 4) is 5.75 Å². The summed E-state index contributed by atoms with van der Waals surface area (Å²) in [5.41, 5.74) is 1.62. The molecule has 2 aromatic carbocycles. The highest BCUT2D eigenvalue weighted by atomic mass is 16.5. The van der Waals surface area contributed by atoms with Crippen LogP contribution in [0.25, 0.3) is 0 Å². The summed E-state index contributed by atoms with van der Waals surface area (Å²) in [7, 11) is 1.58. The van der Waals surface area contributed by atoms with Crippen LogP contribution in [0.15, 0.2) is 71.6 Å². The summed E-state index contributed by atoms with van der Waals surface area (Å²) in [6.45, 7) is 5.82. The lowest BCUT2D eigenvalue weighted by Crippen LogP contribution is -2.59. The van der Waals surface area contributed by atoms with Crippen molar-refractivity contribution in [2.24, 2.45) is 10.8 Å². The van der Waals surface area contributed by atoms with Gasteiger partial charge in [-0.15, -0.1) is 0 Å². The van der Waals surface area contributed by atoms with Gasteiger partial charge in [0.2, 0.25) is 0 Å². The van der Waals surface area contributed by atoms with Crippen molar-refractivity contribution >= 4 is 23.2 Å². The molecule has 1 spiro atoms. The SMILES string of the molecule is COc1ccc(N2C(=O)[C@@]34C(=O)C=C(C)O[C@@H]3c3ccccc3[C@H]4C3=C2CC(C)(C)CC3=O)cc1. The molecular formula is C29H27NO5. The highest BCUT2D eigenvalue weighted by Crippen LogP contribution is 2.66. The van der Waals surface area contributed by atoms with E-state index in [0.717, 1.165) is 11.1 Å². The number of anilines is 1. The fourth-order valence-corrected chi connectivity index (χ4v) is 6.47. The van der Waals surface area contributed by atoms with Crippen molar-refractivity contribution in [1.29, 1.82) is 0 Å². The third kappa shape index (κ3) is 2.79. The summed E-state index contributed by atoms with van der Waals surface area (Å²) in [4.78, 5) is 44.1. The van der Waals surface area contributed by atoms with Crippen molar-refractivity contribution in [3.63, 3.8) is 0 Å². The second-order valence-corrected chi connectivity index (χ2v) is 10.7. The molecule has 0 N–H and O–H groups in total. The second-order valence-electron chi connectivity index (χ2n) is 10.7. The molecule has 0 saturated heterocycles. The van der Waals surface area contributed by atoms with Crippen LogP contribution in [-0.4, -0.2) is 24.6 Å². The number of hydrogen-bond donors (Lipinski definition) is 0. The molecule has 2 aliphatic carbocycles. The van der Waals surface area contributed by atoms with Crippen molar-refractivity contribution in [1.82, 2.24) is 0 Å². The molecule has 0 unspecified atom stereocenters. The van der Waals surface area contributed by atoms with E-state index in [0.29, 0.717) is 41.3 Å². The number of allylic oxidation sites excluding steroid dienone is 4. The number of methoxy groups -OCH3 is 1. The minimum atomic E-state index is -1.56. The summed E-state index contributed by atoms with van der Waals surface area (Å²) >= 11 is 0. The Morgan fingerprint density at radius 3 is 2.34 bits per heavy atom. The first kappa shape index (κ1) is 21.8. The predicted molar refractivity (Wildman–Crippen MR) is 130 cm³/mol. The molecule has 0 radical (unpaired) electrons. The minimum Gasteiger partial charge on any atom is -0.497 e. The normalized spacial score (nSPS) is 28.5. The van der Waals surface area contributed by atoms with Gasteiger partial charge in [0, 0.05) is 35.4 Å². The van der Waals surface area contributed by atoms with Gasteiger partial charge in [0.1, 0.15) is 11.9 Å². The Labute approximate surface area is 204 Å². The Morgan fingerprint density at radius 1 is 0.971 bits per heavy atom. The topological polar surface area (TPSA) is 72.9 Å². The lowest BCUT2D eigenvalue weighted by Gasteiger charge is -2.50. The summed E-state index contributed by atoms with van der Waals surface area (Å²) in [6, 6.07) is 14.8. The van der Waals surface area contributed by atoms with Crippen molar-refractivity contribution in [2.75, 3.05) is 12.0 Å². The molecule has 1 amide bonds. The van der Waals surface area contributed by atoms with Gasteiger partial charge in [-0.1, -0.05) is 38.1 Å². The quantitative estimate of drug-likeness (QED) is 0.578. The second kappa shape index (κ2) is 7.17. The Balaban J connectivity index is 1.68. The molecule has 4 aliphatic rings. The average Bonchev–Trinajstić information content (AvgIpc) is 3.11. The van der Waals surface area contributed by atoms with Crippen molar-refractivity contribution < 1.29 is 23.9 Å². The van der Waals surface area contributed by atoms with Crippen LogP contribution in [0.4, 0.5) is 5.69 Å². The van der Waals surface area contributed by atoms with Crippen LogP contribution in [0, 0.1) is 10.8 Å². The first-order valence-electron chi connectivity index (χ1n) is 11.9. The maximum Gasteiger partial charge on any atom is 0.250 e. The van der Waals surface area contributed by atoms with E-state index >= 15 is 0 Å². The first-order chi connectivity index (χ1) is 16.7. The van der Waals surface area contributed by atoms with Crippen LogP contribution in [0.1, 0.15) is 56.8 Å². The molecule has 6 rings (SSSR count). The van der Waals surface area contributed by atoms with Crippen LogP contribution in [0.5, 0.6) is 5.75 Å². The largest absolute Gasteiger partial charge is 0.497 e. The number of carbonyl (C=O) groups is 3. The molecular weight excluding hydrogens is 442 g/mol. The molecule has 0 fully saturated rings. The Bertz CT molecular complexity index is 1370. The molecule has 0 saturated carbocycles. The van der Waals surface area contributed by atoms with E-state index in [-0.39, 0.29) is 22.9 Å². The number of rotatable bonds is 2. The number of carbonyl (C=O) groups excluding carboxylic acids is 3. The van der Waals surface area contributed by atoms with Crippen molar-refractivity contribution in [3.05, 3.63) is 82.8 Å². The number of amides is 1. The standard InChI is InChI=1S/C29H27NO5/c1-16-13-23(32)29-25(19-7-5-6-8-20(19)26(29)35-16)24-21(14-28(2,3)15-22(24)31)30(27(29)33)17-9-11-18(34-4)12-10-17/h5-13,25-26H,14-15H2,1-4H3/t25-,26+,29+/m0/s1. The Kier molecular flexibility index (Phi) is 4.47. The molecule has 0 aromatic heterocycles.